The van der Waals surface area contributed by atoms with Gasteiger partial charge in [-0.25, -0.2) is 18.1 Å². The van der Waals surface area contributed by atoms with Gasteiger partial charge in [0, 0.05) is 6.54 Å². The summed E-state index contributed by atoms with van der Waals surface area (Å²) in [5.41, 5.74) is 4.09. The van der Waals surface area contributed by atoms with Gasteiger partial charge < -0.3 is 4.57 Å². The van der Waals surface area contributed by atoms with Crippen LogP contribution in [0.4, 0.5) is 0 Å². The Kier molecular flexibility index (Phi) is 5.41. The minimum atomic E-state index is -3.76. The number of benzene rings is 3. The summed E-state index contributed by atoms with van der Waals surface area (Å²) in [5, 5.41) is 0.188. The first kappa shape index (κ1) is 19.6. The van der Waals surface area contributed by atoms with Crippen molar-refractivity contribution in [1.29, 1.82) is 0 Å². The molecule has 0 aliphatic rings. The third-order valence-corrected chi connectivity index (χ3v) is 6.64. The summed E-state index contributed by atoms with van der Waals surface area (Å²) in [4.78, 5) is 4.71. The second-order valence-corrected chi connectivity index (χ2v) is 8.99. The van der Waals surface area contributed by atoms with Crippen molar-refractivity contribution >= 4 is 32.7 Å². The fraction of sp³-hybridized carbons (Fsp3) is 0.136. The van der Waals surface area contributed by atoms with E-state index in [4.69, 9.17) is 11.6 Å². The van der Waals surface area contributed by atoms with Gasteiger partial charge in [-0.2, -0.15) is 0 Å². The van der Waals surface area contributed by atoms with Crippen molar-refractivity contribution < 1.29 is 8.42 Å². The van der Waals surface area contributed by atoms with Crippen molar-refractivity contribution in [1.82, 2.24) is 14.3 Å². The highest BCUT2D eigenvalue weighted by Crippen LogP contribution is 2.22. The molecule has 0 saturated carbocycles. The van der Waals surface area contributed by atoms with Crippen LogP contribution in [-0.4, -0.2) is 18.0 Å². The van der Waals surface area contributed by atoms with E-state index in [1.54, 1.807) is 18.2 Å². The molecule has 5 nitrogen and oxygen atoms in total. The van der Waals surface area contributed by atoms with Crippen LogP contribution in [0.15, 0.2) is 77.7 Å². The van der Waals surface area contributed by atoms with Crippen molar-refractivity contribution in [3.8, 4) is 0 Å². The van der Waals surface area contributed by atoms with E-state index >= 15 is 0 Å². The second-order valence-electron chi connectivity index (χ2n) is 6.84. The molecule has 0 spiro atoms. The summed E-state index contributed by atoms with van der Waals surface area (Å²) >= 11 is 6.07. The summed E-state index contributed by atoms with van der Waals surface area (Å²) in [7, 11) is -3.76. The normalized spacial score (nSPS) is 11.8. The first-order valence-electron chi connectivity index (χ1n) is 9.18. The van der Waals surface area contributed by atoms with Crippen molar-refractivity contribution in [2.24, 2.45) is 0 Å². The lowest BCUT2D eigenvalue weighted by Crippen LogP contribution is -2.25. The Morgan fingerprint density at radius 3 is 2.41 bits per heavy atom. The molecule has 0 fully saturated rings. The zero-order valence-corrected chi connectivity index (χ0v) is 17.4. The quantitative estimate of drug-likeness (QED) is 0.493. The number of hydrogen-bond acceptors (Lipinski definition) is 3. The van der Waals surface area contributed by atoms with Gasteiger partial charge >= 0.3 is 0 Å². The second kappa shape index (κ2) is 7.99. The lowest BCUT2D eigenvalue weighted by molar-refractivity contribution is 0.577. The zero-order chi connectivity index (χ0) is 20.4. The average molecular weight is 426 g/mol. The smallest absolute Gasteiger partial charge is 0.242 e. The molecule has 1 aromatic heterocycles. The molecular weight excluding hydrogens is 406 g/mol. The predicted molar refractivity (Wildman–Crippen MR) is 115 cm³/mol. The molecule has 0 unspecified atom stereocenters. The van der Waals surface area contributed by atoms with E-state index in [-0.39, 0.29) is 16.5 Å². The van der Waals surface area contributed by atoms with Crippen molar-refractivity contribution in [2.45, 2.75) is 24.9 Å². The lowest BCUT2D eigenvalue weighted by atomic mass is 10.1. The number of nitrogens with one attached hydrogen (secondary N) is 1. The van der Waals surface area contributed by atoms with E-state index in [0.29, 0.717) is 12.4 Å². The Balaban J connectivity index is 1.66. The summed E-state index contributed by atoms with van der Waals surface area (Å²) in [6.07, 6.45) is 0. The summed E-state index contributed by atoms with van der Waals surface area (Å²) < 4.78 is 30.1. The average Bonchev–Trinajstić information content (AvgIpc) is 3.06. The van der Waals surface area contributed by atoms with Gasteiger partial charge in [0.25, 0.3) is 0 Å². The predicted octanol–water partition coefficient (Wildman–Crippen LogP) is 4.52. The van der Waals surface area contributed by atoms with Crippen LogP contribution in [0.3, 0.4) is 0 Å². The number of para-hydroxylation sites is 2. The van der Waals surface area contributed by atoms with Crippen molar-refractivity contribution in [3.63, 3.8) is 0 Å². The molecule has 29 heavy (non-hydrogen) atoms. The number of halogens is 1. The maximum atomic E-state index is 12.7. The van der Waals surface area contributed by atoms with Gasteiger partial charge in [0.1, 0.15) is 10.7 Å². The largest absolute Gasteiger partial charge is 0.322 e. The van der Waals surface area contributed by atoms with Crippen LogP contribution < -0.4 is 4.72 Å². The van der Waals surface area contributed by atoms with Crippen LogP contribution in [-0.2, 0) is 23.1 Å². The maximum absolute atomic E-state index is 12.7. The topological polar surface area (TPSA) is 64.0 Å². The first-order chi connectivity index (χ1) is 13.9. The minimum absolute atomic E-state index is 0.0582. The van der Waals surface area contributed by atoms with Gasteiger partial charge in [0.2, 0.25) is 10.0 Å². The van der Waals surface area contributed by atoms with E-state index in [9.17, 15) is 8.42 Å². The monoisotopic (exact) mass is 425 g/mol. The van der Waals surface area contributed by atoms with E-state index < -0.39 is 10.0 Å². The third kappa shape index (κ3) is 4.19. The molecule has 4 rings (SSSR count). The number of aryl methyl sites for hydroxylation is 1. The highest BCUT2D eigenvalue weighted by Gasteiger charge is 2.19. The highest BCUT2D eigenvalue weighted by molar-refractivity contribution is 7.89. The fourth-order valence-electron chi connectivity index (χ4n) is 3.21. The van der Waals surface area contributed by atoms with Gasteiger partial charge in [-0.1, -0.05) is 65.7 Å². The molecular formula is C22H20ClN3O2S. The van der Waals surface area contributed by atoms with E-state index in [2.05, 4.69) is 34.0 Å². The zero-order valence-electron chi connectivity index (χ0n) is 15.8. The summed E-state index contributed by atoms with van der Waals surface area (Å²) in [5.74, 6) is 0.641. The Morgan fingerprint density at radius 2 is 1.66 bits per heavy atom. The fourth-order valence-corrected chi connectivity index (χ4v) is 4.71. The van der Waals surface area contributed by atoms with E-state index in [0.717, 1.165) is 16.6 Å². The lowest BCUT2D eigenvalue weighted by Gasteiger charge is -2.12. The Morgan fingerprint density at radius 1 is 0.966 bits per heavy atom. The van der Waals surface area contributed by atoms with Crippen LogP contribution in [0.25, 0.3) is 11.0 Å². The molecule has 1 heterocycles. The van der Waals surface area contributed by atoms with Crippen LogP contribution in [0.1, 0.15) is 17.0 Å². The van der Waals surface area contributed by atoms with Crippen LogP contribution in [0, 0.1) is 6.92 Å². The molecule has 0 atom stereocenters. The number of rotatable bonds is 6. The highest BCUT2D eigenvalue weighted by atomic mass is 35.5. The summed E-state index contributed by atoms with van der Waals surface area (Å²) in [6.45, 7) is 2.71. The Labute approximate surface area is 175 Å². The molecule has 3 aromatic carbocycles. The van der Waals surface area contributed by atoms with Gasteiger partial charge in [0.15, 0.2) is 0 Å². The Bertz CT molecular complexity index is 1260. The molecule has 0 saturated heterocycles. The molecule has 4 aromatic rings. The van der Waals surface area contributed by atoms with Crippen molar-refractivity contribution in [2.75, 3.05) is 0 Å². The molecule has 7 heteroatoms. The molecule has 0 aliphatic heterocycles. The molecule has 0 bridgehead atoms. The number of nitrogens with zero attached hydrogens (tertiary/aromatic N) is 2. The molecule has 1 N–H and O–H groups in total. The molecule has 0 radical (unpaired) electrons. The maximum Gasteiger partial charge on any atom is 0.242 e. The van der Waals surface area contributed by atoms with Gasteiger partial charge in [-0.05, 0) is 36.8 Å². The number of imidazole rings is 1. The number of sulfonamides is 1. The number of fused-ring (bicyclic) bond motifs is 1. The number of hydrogen-bond donors (Lipinski definition) is 1. The third-order valence-electron chi connectivity index (χ3n) is 4.74. The van der Waals surface area contributed by atoms with Crippen LogP contribution in [0.2, 0.25) is 5.02 Å². The van der Waals surface area contributed by atoms with Gasteiger partial charge in [0.05, 0.1) is 22.6 Å². The first-order valence-corrected chi connectivity index (χ1v) is 11.0. The van der Waals surface area contributed by atoms with Crippen LogP contribution >= 0.6 is 11.6 Å². The Hall–Kier alpha value is -2.67. The van der Waals surface area contributed by atoms with Crippen molar-refractivity contribution in [3.05, 3.63) is 94.8 Å². The standard InChI is InChI=1S/C22H20ClN3O2S/c1-16-10-12-17(13-11-16)15-26-20-8-4-3-7-19(20)25-22(26)14-24-29(27,28)21-9-5-2-6-18(21)23/h2-13,24H,14-15H2,1H3. The minimum Gasteiger partial charge on any atom is -0.322 e. The molecule has 0 amide bonds. The van der Waals surface area contributed by atoms with Crippen LogP contribution in [0.5, 0.6) is 0 Å². The van der Waals surface area contributed by atoms with E-state index in [1.165, 1.54) is 11.6 Å². The SMILES string of the molecule is Cc1ccc(Cn2c(CNS(=O)(=O)c3ccccc3Cl)nc3ccccc32)cc1. The number of aromatic nitrogens is 2. The van der Waals surface area contributed by atoms with Gasteiger partial charge in [-0.3, -0.25) is 0 Å². The van der Waals surface area contributed by atoms with E-state index in [1.807, 2.05) is 35.8 Å². The molecule has 148 valence electrons. The van der Waals surface area contributed by atoms with Gasteiger partial charge in [-0.15, -0.1) is 0 Å². The summed E-state index contributed by atoms with van der Waals surface area (Å²) in [6, 6.07) is 22.4. The molecule has 0 aliphatic carbocycles.